The molecule has 0 saturated carbocycles. The van der Waals surface area contributed by atoms with E-state index in [0.29, 0.717) is 13.0 Å². The van der Waals surface area contributed by atoms with Crippen molar-refractivity contribution in [3.63, 3.8) is 0 Å². The summed E-state index contributed by atoms with van der Waals surface area (Å²) in [7, 11) is 3.45. The molecule has 0 saturated heterocycles. The molecule has 0 aliphatic rings. The first-order valence-electron chi connectivity index (χ1n) is 8.85. The van der Waals surface area contributed by atoms with Crippen LogP contribution in [-0.4, -0.2) is 34.9 Å². The molecule has 3 aromatic rings. The van der Waals surface area contributed by atoms with Gasteiger partial charge < -0.3 is 9.64 Å². The van der Waals surface area contributed by atoms with Gasteiger partial charge in [0.2, 0.25) is 5.91 Å². The van der Waals surface area contributed by atoms with Crippen molar-refractivity contribution in [3.05, 3.63) is 90.0 Å². The standard InChI is InChI=1S/C22H23N3O2/c1-25(15-19-12-13-23-16-24-19)22(26)14-21(17-6-4-3-5-7-17)18-8-10-20(27-2)11-9-18/h3-13,16,21H,14-15H2,1-2H3. The van der Waals surface area contributed by atoms with Crippen molar-refractivity contribution in [3.8, 4) is 5.75 Å². The number of ether oxygens (including phenoxy) is 1. The van der Waals surface area contributed by atoms with E-state index in [1.165, 1.54) is 6.33 Å². The normalized spacial score (nSPS) is 11.6. The van der Waals surface area contributed by atoms with Crippen molar-refractivity contribution in [1.82, 2.24) is 14.9 Å². The summed E-state index contributed by atoms with van der Waals surface area (Å²) in [4.78, 5) is 22.7. The maximum Gasteiger partial charge on any atom is 0.223 e. The molecule has 0 bridgehead atoms. The van der Waals surface area contributed by atoms with Crippen LogP contribution in [0.25, 0.3) is 0 Å². The number of nitrogens with zero attached hydrogens (tertiary/aromatic N) is 3. The molecular weight excluding hydrogens is 338 g/mol. The third-order valence-electron chi connectivity index (χ3n) is 4.57. The molecule has 0 radical (unpaired) electrons. The summed E-state index contributed by atoms with van der Waals surface area (Å²) >= 11 is 0. The predicted octanol–water partition coefficient (Wildman–Crippen LogP) is 3.67. The second-order valence-electron chi connectivity index (χ2n) is 6.39. The Bertz CT molecular complexity index is 852. The summed E-state index contributed by atoms with van der Waals surface area (Å²) in [5, 5.41) is 0. The van der Waals surface area contributed by atoms with Crippen molar-refractivity contribution in [2.24, 2.45) is 0 Å². The van der Waals surface area contributed by atoms with E-state index < -0.39 is 0 Å². The van der Waals surface area contributed by atoms with Gasteiger partial charge in [-0.15, -0.1) is 0 Å². The predicted molar refractivity (Wildman–Crippen MR) is 104 cm³/mol. The average Bonchev–Trinajstić information content (AvgIpc) is 2.73. The summed E-state index contributed by atoms with van der Waals surface area (Å²) in [6.45, 7) is 0.464. The summed E-state index contributed by atoms with van der Waals surface area (Å²) in [6.07, 6.45) is 3.57. The van der Waals surface area contributed by atoms with Gasteiger partial charge in [0, 0.05) is 25.6 Å². The molecule has 5 nitrogen and oxygen atoms in total. The van der Waals surface area contributed by atoms with Gasteiger partial charge in [-0.1, -0.05) is 42.5 Å². The van der Waals surface area contributed by atoms with Gasteiger partial charge in [-0.2, -0.15) is 0 Å². The minimum Gasteiger partial charge on any atom is -0.497 e. The summed E-state index contributed by atoms with van der Waals surface area (Å²) in [5.74, 6) is 0.855. The number of amides is 1. The van der Waals surface area contributed by atoms with Crippen molar-refractivity contribution >= 4 is 5.91 Å². The minimum absolute atomic E-state index is 0.0162. The number of methoxy groups -OCH3 is 1. The smallest absolute Gasteiger partial charge is 0.223 e. The molecule has 0 spiro atoms. The van der Waals surface area contributed by atoms with Crippen LogP contribution in [0.1, 0.15) is 29.2 Å². The summed E-state index contributed by atoms with van der Waals surface area (Å²) < 4.78 is 5.25. The van der Waals surface area contributed by atoms with Crippen LogP contribution in [0, 0.1) is 0 Å². The first-order chi connectivity index (χ1) is 13.2. The van der Waals surface area contributed by atoms with E-state index in [4.69, 9.17) is 4.74 Å². The van der Waals surface area contributed by atoms with E-state index in [0.717, 1.165) is 22.6 Å². The van der Waals surface area contributed by atoms with Gasteiger partial charge in [-0.3, -0.25) is 4.79 Å². The summed E-state index contributed by atoms with van der Waals surface area (Å²) in [5.41, 5.74) is 3.03. The quantitative estimate of drug-likeness (QED) is 0.644. The fourth-order valence-electron chi connectivity index (χ4n) is 3.02. The van der Waals surface area contributed by atoms with Crippen LogP contribution >= 0.6 is 0 Å². The average molecular weight is 361 g/mol. The van der Waals surface area contributed by atoms with E-state index in [2.05, 4.69) is 22.1 Å². The second-order valence-corrected chi connectivity index (χ2v) is 6.39. The lowest BCUT2D eigenvalue weighted by Crippen LogP contribution is -2.28. The molecule has 1 amide bonds. The van der Waals surface area contributed by atoms with E-state index in [9.17, 15) is 4.79 Å². The van der Waals surface area contributed by atoms with Crippen molar-refractivity contribution in [2.45, 2.75) is 18.9 Å². The summed E-state index contributed by atoms with van der Waals surface area (Å²) in [6, 6.07) is 19.8. The number of aromatic nitrogens is 2. The Hall–Kier alpha value is -3.21. The Morgan fingerprint density at radius 1 is 1.04 bits per heavy atom. The van der Waals surface area contributed by atoms with Gasteiger partial charge >= 0.3 is 0 Å². The number of benzene rings is 2. The fraction of sp³-hybridized carbons (Fsp3) is 0.227. The van der Waals surface area contributed by atoms with E-state index in [1.54, 1.807) is 25.3 Å². The highest BCUT2D eigenvalue weighted by Crippen LogP contribution is 2.30. The van der Waals surface area contributed by atoms with Gasteiger partial charge in [0.05, 0.1) is 19.3 Å². The van der Waals surface area contributed by atoms with Gasteiger partial charge in [0.1, 0.15) is 12.1 Å². The highest BCUT2D eigenvalue weighted by atomic mass is 16.5. The zero-order valence-electron chi connectivity index (χ0n) is 15.6. The highest BCUT2D eigenvalue weighted by Gasteiger charge is 2.21. The molecule has 27 heavy (non-hydrogen) atoms. The Kier molecular flexibility index (Phi) is 6.15. The number of carbonyl (C=O) groups is 1. The number of rotatable bonds is 7. The van der Waals surface area contributed by atoms with Crippen LogP contribution in [0.3, 0.4) is 0 Å². The lowest BCUT2D eigenvalue weighted by molar-refractivity contribution is -0.130. The Morgan fingerprint density at radius 3 is 2.37 bits per heavy atom. The molecule has 3 rings (SSSR count). The molecule has 1 unspecified atom stereocenters. The molecule has 1 aromatic heterocycles. The molecule has 0 fully saturated rings. The Labute approximate surface area is 159 Å². The van der Waals surface area contributed by atoms with E-state index >= 15 is 0 Å². The number of hydrogen-bond donors (Lipinski definition) is 0. The molecule has 0 aliphatic carbocycles. The lowest BCUT2D eigenvalue weighted by atomic mass is 9.88. The Morgan fingerprint density at radius 2 is 1.74 bits per heavy atom. The first kappa shape index (κ1) is 18.6. The number of carbonyl (C=O) groups excluding carboxylic acids is 1. The monoisotopic (exact) mass is 361 g/mol. The zero-order valence-corrected chi connectivity index (χ0v) is 15.6. The van der Waals surface area contributed by atoms with Crippen LogP contribution in [0.4, 0.5) is 0 Å². The van der Waals surface area contributed by atoms with Gasteiger partial charge in [-0.05, 0) is 29.3 Å². The van der Waals surface area contributed by atoms with Crippen LogP contribution in [0.2, 0.25) is 0 Å². The maximum absolute atomic E-state index is 12.9. The molecule has 5 heteroatoms. The largest absolute Gasteiger partial charge is 0.497 e. The minimum atomic E-state index is -0.0162. The van der Waals surface area contributed by atoms with Crippen molar-refractivity contribution in [2.75, 3.05) is 14.2 Å². The highest BCUT2D eigenvalue weighted by molar-refractivity contribution is 5.77. The van der Waals surface area contributed by atoms with Crippen LogP contribution in [-0.2, 0) is 11.3 Å². The van der Waals surface area contributed by atoms with E-state index in [1.807, 2.05) is 48.5 Å². The fourth-order valence-corrected chi connectivity index (χ4v) is 3.02. The molecule has 2 aromatic carbocycles. The van der Waals surface area contributed by atoms with E-state index in [-0.39, 0.29) is 11.8 Å². The second kappa shape index (κ2) is 8.94. The van der Waals surface area contributed by atoms with Gasteiger partial charge in [-0.25, -0.2) is 9.97 Å². The SMILES string of the molecule is COc1ccc(C(CC(=O)N(C)Cc2ccncn2)c2ccccc2)cc1. The van der Waals surface area contributed by atoms with Crippen LogP contribution < -0.4 is 4.74 Å². The third kappa shape index (κ3) is 4.91. The number of hydrogen-bond acceptors (Lipinski definition) is 4. The van der Waals surface area contributed by atoms with Crippen LogP contribution in [0.15, 0.2) is 73.2 Å². The topological polar surface area (TPSA) is 55.3 Å². The Balaban J connectivity index is 1.79. The molecule has 1 atom stereocenters. The van der Waals surface area contributed by atoms with Crippen molar-refractivity contribution in [1.29, 1.82) is 0 Å². The molecule has 1 heterocycles. The van der Waals surface area contributed by atoms with Crippen LogP contribution in [0.5, 0.6) is 5.75 Å². The molecular formula is C22H23N3O2. The lowest BCUT2D eigenvalue weighted by Gasteiger charge is -2.22. The maximum atomic E-state index is 12.9. The van der Waals surface area contributed by atoms with Gasteiger partial charge in [0.15, 0.2) is 0 Å². The molecule has 138 valence electrons. The third-order valence-corrected chi connectivity index (χ3v) is 4.57. The van der Waals surface area contributed by atoms with Crippen molar-refractivity contribution < 1.29 is 9.53 Å². The molecule has 0 aliphatic heterocycles. The first-order valence-corrected chi connectivity index (χ1v) is 8.85. The van der Waals surface area contributed by atoms with Gasteiger partial charge in [0.25, 0.3) is 0 Å². The molecule has 0 N–H and O–H groups in total. The zero-order chi connectivity index (χ0) is 19.1.